The van der Waals surface area contributed by atoms with Crippen LogP contribution < -0.4 is 0 Å². The van der Waals surface area contributed by atoms with Crippen molar-refractivity contribution in [2.24, 2.45) is 5.92 Å². The molecule has 2 saturated heterocycles. The Morgan fingerprint density at radius 1 is 1.29 bits per heavy atom. The number of Topliss-reactive ketones (excluding diaryl/α,β-unsaturated/α-hetero) is 1. The molecule has 0 aromatic heterocycles. The molecule has 0 aliphatic carbocycles. The van der Waals surface area contributed by atoms with Crippen molar-refractivity contribution in [2.75, 3.05) is 25.6 Å². The Morgan fingerprint density at radius 3 is 3.05 bits per heavy atom. The molecule has 3 unspecified atom stereocenters. The minimum Gasteiger partial charge on any atom is -0.378 e. The molecule has 0 amide bonds. The molecule has 3 nitrogen and oxygen atoms in total. The molecule has 3 atom stereocenters. The summed E-state index contributed by atoms with van der Waals surface area (Å²) >= 11 is 1.82. The predicted molar refractivity (Wildman–Crippen MR) is 81.8 cm³/mol. The number of fused-ring (bicyclic) bond motifs is 1. The monoisotopic (exact) mass is 304 g/mol. The van der Waals surface area contributed by atoms with Crippen molar-refractivity contribution < 1.29 is 14.3 Å². The number of benzene rings is 1. The van der Waals surface area contributed by atoms with Gasteiger partial charge in [-0.1, -0.05) is 18.2 Å². The van der Waals surface area contributed by atoms with E-state index in [4.69, 9.17) is 9.47 Å². The van der Waals surface area contributed by atoms with Crippen LogP contribution in [-0.2, 0) is 14.3 Å². The van der Waals surface area contributed by atoms with Crippen LogP contribution in [-0.4, -0.2) is 37.0 Å². The molecule has 0 saturated carbocycles. The average Bonchev–Trinajstić information content (AvgIpc) is 3.14. The summed E-state index contributed by atoms with van der Waals surface area (Å²) in [5.74, 6) is 1.53. The number of carbonyl (C=O) groups excluding carboxylic acids is 1. The van der Waals surface area contributed by atoms with Gasteiger partial charge in [-0.25, -0.2) is 0 Å². The molecule has 4 rings (SSSR count). The molecular weight excluding hydrogens is 284 g/mol. The van der Waals surface area contributed by atoms with Crippen molar-refractivity contribution in [2.45, 2.75) is 35.7 Å². The number of carbonyl (C=O) groups is 1. The summed E-state index contributed by atoms with van der Waals surface area (Å²) in [6.07, 6.45) is 2.64. The maximum absolute atomic E-state index is 13.0. The zero-order valence-corrected chi connectivity index (χ0v) is 12.9. The SMILES string of the molecule is O=C(C1CCOC2(CCOC2)C1)C1CSc2ccccc21. The summed E-state index contributed by atoms with van der Waals surface area (Å²) < 4.78 is 11.5. The topological polar surface area (TPSA) is 35.5 Å². The number of rotatable bonds is 2. The smallest absolute Gasteiger partial charge is 0.144 e. The van der Waals surface area contributed by atoms with Crippen LogP contribution in [0.5, 0.6) is 0 Å². The zero-order valence-electron chi connectivity index (χ0n) is 12.0. The van der Waals surface area contributed by atoms with Gasteiger partial charge < -0.3 is 9.47 Å². The van der Waals surface area contributed by atoms with Crippen LogP contribution in [0.15, 0.2) is 29.2 Å². The highest BCUT2D eigenvalue weighted by molar-refractivity contribution is 7.99. The van der Waals surface area contributed by atoms with Crippen LogP contribution >= 0.6 is 11.8 Å². The zero-order chi connectivity index (χ0) is 14.3. The fourth-order valence-corrected chi connectivity index (χ4v) is 5.06. The van der Waals surface area contributed by atoms with E-state index in [1.807, 2.05) is 17.8 Å². The standard InChI is InChI=1S/C17H20O3S/c18-16(14-10-21-15-4-2-1-3-13(14)15)12-5-7-20-17(9-12)6-8-19-11-17/h1-4,12,14H,5-11H2. The van der Waals surface area contributed by atoms with Gasteiger partial charge in [0.15, 0.2) is 0 Å². The van der Waals surface area contributed by atoms with Gasteiger partial charge in [0.1, 0.15) is 5.78 Å². The van der Waals surface area contributed by atoms with Gasteiger partial charge in [-0.2, -0.15) is 0 Å². The van der Waals surface area contributed by atoms with E-state index in [2.05, 4.69) is 18.2 Å². The lowest BCUT2D eigenvalue weighted by Gasteiger charge is -2.37. The number of ether oxygens (including phenoxy) is 2. The van der Waals surface area contributed by atoms with Crippen molar-refractivity contribution in [1.29, 1.82) is 0 Å². The number of ketones is 1. The second-order valence-corrected chi connectivity index (χ2v) is 7.39. The Hall–Kier alpha value is -0.840. The molecule has 21 heavy (non-hydrogen) atoms. The molecule has 112 valence electrons. The third-order valence-electron chi connectivity index (χ3n) is 5.01. The fraction of sp³-hybridized carbons (Fsp3) is 0.588. The first-order valence-corrected chi connectivity index (χ1v) is 8.73. The Morgan fingerprint density at radius 2 is 2.19 bits per heavy atom. The van der Waals surface area contributed by atoms with E-state index >= 15 is 0 Å². The van der Waals surface area contributed by atoms with Crippen LogP contribution in [0.25, 0.3) is 0 Å². The molecule has 3 heterocycles. The van der Waals surface area contributed by atoms with E-state index < -0.39 is 0 Å². The lowest BCUT2D eigenvalue weighted by Crippen LogP contribution is -2.43. The molecule has 3 aliphatic heterocycles. The predicted octanol–water partition coefficient (Wildman–Crippen LogP) is 3.03. The van der Waals surface area contributed by atoms with E-state index in [0.29, 0.717) is 19.0 Å². The van der Waals surface area contributed by atoms with Gasteiger partial charge >= 0.3 is 0 Å². The quantitative estimate of drug-likeness (QED) is 0.841. The third kappa shape index (κ3) is 2.43. The van der Waals surface area contributed by atoms with E-state index in [0.717, 1.165) is 31.6 Å². The van der Waals surface area contributed by atoms with Gasteiger partial charge in [0, 0.05) is 36.2 Å². The summed E-state index contributed by atoms with van der Waals surface area (Å²) in [6, 6.07) is 8.34. The third-order valence-corrected chi connectivity index (χ3v) is 6.19. The van der Waals surface area contributed by atoms with Crippen molar-refractivity contribution >= 4 is 17.5 Å². The van der Waals surface area contributed by atoms with E-state index in [-0.39, 0.29) is 17.4 Å². The molecule has 1 spiro atoms. The molecular formula is C17H20O3S. The highest BCUT2D eigenvalue weighted by atomic mass is 32.2. The minimum atomic E-state index is -0.177. The lowest BCUT2D eigenvalue weighted by atomic mass is 9.78. The van der Waals surface area contributed by atoms with Crippen molar-refractivity contribution in [3.05, 3.63) is 29.8 Å². The van der Waals surface area contributed by atoms with Gasteiger partial charge in [-0.3, -0.25) is 4.79 Å². The summed E-state index contributed by atoms with van der Waals surface area (Å²) in [4.78, 5) is 14.3. The van der Waals surface area contributed by atoms with E-state index in [1.165, 1.54) is 10.5 Å². The average molecular weight is 304 g/mol. The summed E-state index contributed by atoms with van der Waals surface area (Å²) in [6.45, 7) is 2.12. The molecule has 4 heteroatoms. The summed E-state index contributed by atoms with van der Waals surface area (Å²) in [5, 5.41) is 0. The molecule has 1 aromatic carbocycles. The second-order valence-electron chi connectivity index (χ2n) is 6.33. The van der Waals surface area contributed by atoms with Crippen LogP contribution in [0.2, 0.25) is 0 Å². The van der Waals surface area contributed by atoms with Crippen LogP contribution in [0.4, 0.5) is 0 Å². The second kappa shape index (κ2) is 5.41. The Bertz CT molecular complexity index is 551. The van der Waals surface area contributed by atoms with Crippen LogP contribution in [0.1, 0.15) is 30.7 Å². The van der Waals surface area contributed by atoms with Crippen LogP contribution in [0, 0.1) is 5.92 Å². The molecule has 3 aliphatic rings. The van der Waals surface area contributed by atoms with Crippen molar-refractivity contribution in [3.8, 4) is 0 Å². The highest BCUT2D eigenvalue weighted by Gasteiger charge is 2.44. The highest BCUT2D eigenvalue weighted by Crippen LogP contribution is 2.44. The Balaban J connectivity index is 1.53. The normalized spacial score (nSPS) is 35.0. The molecule has 2 fully saturated rings. The van der Waals surface area contributed by atoms with Gasteiger partial charge in [-0.15, -0.1) is 11.8 Å². The van der Waals surface area contributed by atoms with Crippen molar-refractivity contribution in [3.63, 3.8) is 0 Å². The van der Waals surface area contributed by atoms with Gasteiger partial charge in [0.2, 0.25) is 0 Å². The fourth-order valence-electron chi connectivity index (χ4n) is 3.82. The Kier molecular flexibility index (Phi) is 3.56. The van der Waals surface area contributed by atoms with E-state index in [1.54, 1.807) is 0 Å². The first kappa shape index (κ1) is 13.8. The number of thioether (sulfide) groups is 1. The maximum Gasteiger partial charge on any atom is 0.144 e. The van der Waals surface area contributed by atoms with Crippen LogP contribution in [0.3, 0.4) is 0 Å². The van der Waals surface area contributed by atoms with Gasteiger partial charge in [0.05, 0.1) is 18.1 Å². The minimum absolute atomic E-state index is 0.0775. The lowest BCUT2D eigenvalue weighted by molar-refractivity contribution is -0.138. The molecule has 1 aromatic rings. The molecule has 0 bridgehead atoms. The summed E-state index contributed by atoms with van der Waals surface area (Å²) in [7, 11) is 0. The molecule has 0 N–H and O–H groups in total. The van der Waals surface area contributed by atoms with Gasteiger partial charge in [-0.05, 0) is 24.5 Å². The number of hydrogen-bond donors (Lipinski definition) is 0. The number of hydrogen-bond acceptors (Lipinski definition) is 4. The van der Waals surface area contributed by atoms with Gasteiger partial charge in [0.25, 0.3) is 0 Å². The largest absolute Gasteiger partial charge is 0.378 e. The molecule has 0 radical (unpaired) electrons. The maximum atomic E-state index is 13.0. The Labute approximate surface area is 129 Å². The summed E-state index contributed by atoms with van der Waals surface area (Å²) in [5.41, 5.74) is 1.06. The van der Waals surface area contributed by atoms with E-state index in [9.17, 15) is 4.79 Å². The first-order valence-electron chi connectivity index (χ1n) is 7.75. The first-order chi connectivity index (χ1) is 10.3. The van der Waals surface area contributed by atoms with Crippen molar-refractivity contribution in [1.82, 2.24) is 0 Å².